The highest BCUT2D eigenvalue weighted by atomic mass is 32.2. The fourth-order valence-electron chi connectivity index (χ4n) is 1.64. The molecule has 5 N–H and O–H groups in total. The molecule has 0 rings (SSSR count). The number of aliphatic carboxylic acids is 1. The summed E-state index contributed by atoms with van der Waals surface area (Å²) in [6.07, 6.45) is 2.55. The quantitative estimate of drug-likeness (QED) is 0.462. The molecular weight excluding hydrogens is 268 g/mol. The lowest BCUT2D eigenvalue weighted by atomic mass is 10.0. The molecule has 0 fully saturated rings. The number of aliphatic hydroxyl groups is 1. The molecule has 111 valence electrons. The Morgan fingerprint density at radius 3 is 2.58 bits per heavy atom. The molecule has 19 heavy (non-hydrogen) atoms. The van der Waals surface area contributed by atoms with E-state index in [0.717, 1.165) is 12.8 Å². The number of carboxylic acid groups (broad SMARTS) is 1. The monoisotopic (exact) mass is 291 g/mol. The van der Waals surface area contributed by atoms with Gasteiger partial charge in [-0.25, -0.2) is 4.79 Å². The van der Waals surface area contributed by atoms with Gasteiger partial charge in [-0.1, -0.05) is 20.3 Å². The van der Waals surface area contributed by atoms with Gasteiger partial charge in [0, 0.05) is 17.1 Å². The minimum atomic E-state index is -1.22. The molecule has 7 heteroatoms. The molecule has 2 unspecified atom stereocenters. The third-order valence-electron chi connectivity index (χ3n) is 2.71. The van der Waals surface area contributed by atoms with Crippen molar-refractivity contribution < 1.29 is 19.8 Å². The van der Waals surface area contributed by atoms with Crippen molar-refractivity contribution >= 4 is 23.6 Å². The van der Waals surface area contributed by atoms with Crippen molar-refractivity contribution in [3.8, 4) is 0 Å². The number of thioether (sulfide) groups is 1. The van der Waals surface area contributed by atoms with Gasteiger partial charge >= 0.3 is 5.97 Å². The fourth-order valence-corrected chi connectivity index (χ4v) is 2.96. The summed E-state index contributed by atoms with van der Waals surface area (Å²) in [5, 5.41) is 19.6. The van der Waals surface area contributed by atoms with Crippen molar-refractivity contribution in [1.82, 2.24) is 5.32 Å². The van der Waals surface area contributed by atoms with Crippen LogP contribution in [0.5, 0.6) is 0 Å². The van der Waals surface area contributed by atoms with Gasteiger partial charge in [-0.15, -0.1) is 0 Å². The molecule has 2 atom stereocenters. The third kappa shape index (κ3) is 8.07. The summed E-state index contributed by atoms with van der Waals surface area (Å²) in [6, 6.07) is -0.768. The summed E-state index contributed by atoms with van der Waals surface area (Å²) in [7, 11) is 0. The number of hydrogen-bond acceptors (Lipinski definition) is 5. The number of hydrogen-bond donors (Lipinski definition) is 4. The Hall–Kier alpha value is -0.790. The number of aliphatic hydroxyl groups excluding tert-OH is 1. The average Bonchev–Trinajstić information content (AvgIpc) is 2.33. The Labute approximate surface area is 118 Å². The van der Waals surface area contributed by atoms with Crippen LogP contribution in [-0.4, -0.2) is 45.2 Å². The second-order valence-corrected chi connectivity index (χ2v) is 6.19. The van der Waals surface area contributed by atoms with E-state index in [1.165, 1.54) is 11.8 Å². The predicted octanol–water partition coefficient (Wildman–Crippen LogP) is 0.351. The van der Waals surface area contributed by atoms with Crippen LogP contribution >= 0.6 is 11.8 Å². The van der Waals surface area contributed by atoms with Gasteiger partial charge in [0.1, 0.15) is 0 Å². The van der Waals surface area contributed by atoms with E-state index in [-0.39, 0.29) is 11.4 Å². The Kier molecular flexibility index (Phi) is 8.79. The smallest absolute Gasteiger partial charge is 0.329 e. The minimum Gasteiger partial charge on any atom is -0.480 e. The maximum Gasteiger partial charge on any atom is 0.329 e. The molecule has 0 bridgehead atoms. The Balaban J connectivity index is 4.20. The summed E-state index contributed by atoms with van der Waals surface area (Å²) < 4.78 is -0.113. The lowest BCUT2D eigenvalue weighted by Crippen LogP contribution is -2.43. The van der Waals surface area contributed by atoms with Crippen LogP contribution in [0, 0.1) is 6.54 Å². The van der Waals surface area contributed by atoms with E-state index in [9.17, 15) is 9.59 Å². The first kappa shape index (κ1) is 18.2. The molecule has 1 radical (unpaired) electrons. The number of carboxylic acids is 1. The lowest BCUT2D eigenvalue weighted by Gasteiger charge is -2.29. The Bertz CT molecular complexity index is 293. The van der Waals surface area contributed by atoms with Crippen LogP contribution in [-0.2, 0) is 9.59 Å². The zero-order valence-corrected chi connectivity index (χ0v) is 12.2. The van der Waals surface area contributed by atoms with Crippen molar-refractivity contribution in [3.63, 3.8) is 0 Å². The summed E-state index contributed by atoms with van der Waals surface area (Å²) in [5.41, 5.74) is 5.69. The minimum absolute atomic E-state index is 0.0950. The van der Waals surface area contributed by atoms with E-state index >= 15 is 0 Å². The van der Waals surface area contributed by atoms with Crippen LogP contribution < -0.4 is 11.1 Å². The highest BCUT2D eigenvalue weighted by Crippen LogP contribution is 2.33. The highest BCUT2D eigenvalue weighted by Gasteiger charge is 2.26. The topological polar surface area (TPSA) is 113 Å². The molecule has 0 saturated carbocycles. The summed E-state index contributed by atoms with van der Waals surface area (Å²) in [5.74, 6) is -1.35. The summed E-state index contributed by atoms with van der Waals surface area (Å²) in [6.45, 7) is 4.86. The van der Waals surface area contributed by atoms with Crippen molar-refractivity contribution in [3.05, 3.63) is 6.54 Å². The van der Waals surface area contributed by atoms with Crippen molar-refractivity contribution in [1.29, 1.82) is 0 Å². The van der Waals surface area contributed by atoms with Gasteiger partial charge in [0.25, 0.3) is 0 Å². The molecule has 6 nitrogen and oxygen atoms in total. The number of nitrogens with one attached hydrogen (secondary N) is 1. The van der Waals surface area contributed by atoms with Gasteiger partial charge in [0.15, 0.2) is 6.54 Å². The zero-order valence-electron chi connectivity index (χ0n) is 11.4. The largest absolute Gasteiger partial charge is 0.480 e. The van der Waals surface area contributed by atoms with E-state index in [4.69, 9.17) is 15.9 Å². The van der Waals surface area contributed by atoms with E-state index in [2.05, 4.69) is 12.2 Å². The molecule has 0 aliphatic carbocycles. The maximum atomic E-state index is 11.5. The summed E-state index contributed by atoms with van der Waals surface area (Å²) >= 11 is 1.54. The van der Waals surface area contributed by atoms with Crippen LogP contribution in [0.3, 0.4) is 0 Å². The number of rotatable bonds is 10. The Morgan fingerprint density at radius 1 is 1.47 bits per heavy atom. The van der Waals surface area contributed by atoms with Crippen LogP contribution in [0.1, 0.15) is 33.1 Å². The van der Waals surface area contributed by atoms with Gasteiger partial charge in [-0.2, -0.15) is 11.8 Å². The SMILES string of the molecule is CCCC(C)(CCO)SCC(N)C(=O)N[CH]C(=O)O. The molecule has 0 aromatic carbocycles. The molecule has 1 amide bonds. The first-order valence-corrected chi connectivity index (χ1v) is 7.20. The highest BCUT2D eigenvalue weighted by molar-refractivity contribution is 8.00. The maximum absolute atomic E-state index is 11.5. The number of nitrogens with two attached hydrogens (primary N) is 1. The van der Waals surface area contributed by atoms with Crippen molar-refractivity contribution in [2.75, 3.05) is 12.4 Å². The van der Waals surface area contributed by atoms with Gasteiger partial charge < -0.3 is 21.3 Å². The van der Waals surface area contributed by atoms with Gasteiger partial charge in [-0.3, -0.25) is 4.79 Å². The normalized spacial score (nSPS) is 15.6. The van der Waals surface area contributed by atoms with Gasteiger partial charge in [0.2, 0.25) is 5.91 Å². The third-order valence-corrected chi connectivity index (χ3v) is 4.34. The number of carbonyl (C=O) groups excluding carboxylic acids is 1. The molecule has 0 aliphatic heterocycles. The van der Waals surface area contributed by atoms with Crippen LogP contribution in [0.25, 0.3) is 0 Å². The van der Waals surface area contributed by atoms with Gasteiger partial charge in [-0.05, 0) is 12.8 Å². The average molecular weight is 291 g/mol. The molecule has 0 aromatic heterocycles. The van der Waals surface area contributed by atoms with Crippen LogP contribution in [0.2, 0.25) is 0 Å². The van der Waals surface area contributed by atoms with Crippen LogP contribution in [0.15, 0.2) is 0 Å². The molecular formula is C12H23N2O4S. The first-order valence-electron chi connectivity index (χ1n) is 6.21. The van der Waals surface area contributed by atoms with E-state index < -0.39 is 17.9 Å². The molecule has 0 heterocycles. The van der Waals surface area contributed by atoms with E-state index in [1.54, 1.807) is 0 Å². The predicted molar refractivity (Wildman–Crippen MR) is 75.5 cm³/mol. The van der Waals surface area contributed by atoms with Crippen molar-refractivity contribution in [2.45, 2.75) is 43.9 Å². The van der Waals surface area contributed by atoms with Crippen molar-refractivity contribution in [2.24, 2.45) is 5.73 Å². The van der Waals surface area contributed by atoms with E-state index in [1.807, 2.05) is 6.92 Å². The zero-order chi connectivity index (χ0) is 14.9. The number of carbonyl (C=O) groups is 2. The second-order valence-electron chi connectivity index (χ2n) is 4.58. The lowest BCUT2D eigenvalue weighted by molar-refractivity contribution is -0.135. The fraction of sp³-hybridized carbons (Fsp3) is 0.750. The van der Waals surface area contributed by atoms with E-state index in [0.29, 0.717) is 18.7 Å². The van der Waals surface area contributed by atoms with Gasteiger partial charge in [0.05, 0.1) is 6.04 Å². The molecule has 0 aromatic rings. The second kappa shape index (κ2) is 9.17. The van der Waals surface area contributed by atoms with Crippen LogP contribution in [0.4, 0.5) is 0 Å². The first-order chi connectivity index (χ1) is 8.84. The molecule has 0 aliphatic rings. The Morgan fingerprint density at radius 2 is 2.11 bits per heavy atom. The molecule has 0 saturated heterocycles. The standard InChI is InChI=1S/C12H23N2O4S/c1-3-4-12(2,5-6-15)19-8-9(13)11(18)14-7-10(16)17/h7,9,15H,3-6,8,13H2,1-2H3,(H,14,18)(H,16,17). The summed E-state index contributed by atoms with van der Waals surface area (Å²) in [4.78, 5) is 21.8. The molecule has 0 spiro atoms. The number of amides is 1.